The molecular formula is C11H9F2NO4S. The molecule has 0 bridgehead atoms. The van der Waals surface area contributed by atoms with Gasteiger partial charge in [-0.1, -0.05) is 5.92 Å². The Balaban J connectivity index is 3.30. The molecule has 0 aromatic heterocycles. The predicted octanol–water partition coefficient (Wildman–Crippen LogP) is 0.673. The highest BCUT2D eigenvalue weighted by atomic mass is 32.2. The highest BCUT2D eigenvalue weighted by molar-refractivity contribution is 7.89. The molecule has 0 aliphatic carbocycles. The molecule has 0 saturated carbocycles. The summed E-state index contributed by atoms with van der Waals surface area (Å²) in [6, 6.07) is 1.85. The third-order valence-corrected chi connectivity index (χ3v) is 3.90. The summed E-state index contributed by atoms with van der Waals surface area (Å²) >= 11 is 0. The molecule has 1 aromatic rings. The van der Waals surface area contributed by atoms with Crippen LogP contribution in [0.2, 0.25) is 0 Å². The van der Waals surface area contributed by atoms with Crippen molar-refractivity contribution in [3.05, 3.63) is 29.8 Å². The summed E-state index contributed by atoms with van der Waals surface area (Å²) in [5.41, 5.74) is 0. The lowest BCUT2D eigenvalue weighted by molar-refractivity contribution is -0.137. The summed E-state index contributed by atoms with van der Waals surface area (Å²) in [6.07, 6.45) is 4.93. The third-order valence-electron chi connectivity index (χ3n) is 2.09. The maximum atomic E-state index is 13.4. The Morgan fingerprint density at radius 2 is 2.05 bits per heavy atom. The van der Waals surface area contributed by atoms with Crippen LogP contribution in [0, 0.1) is 24.0 Å². The average Bonchev–Trinajstić information content (AvgIpc) is 2.31. The highest BCUT2D eigenvalue weighted by Gasteiger charge is 2.29. The summed E-state index contributed by atoms with van der Waals surface area (Å²) in [4.78, 5) is 9.62. The van der Waals surface area contributed by atoms with Crippen LogP contribution >= 0.6 is 0 Å². The van der Waals surface area contributed by atoms with E-state index in [-0.39, 0.29) is 0 Å². The number of terminal acetylenes is 1. The van der Waals surface area contributed by atoms with Crippen molar-refractivity contribution >= 4 is 16.0 Å². The second-order valence-corrected chi connectivity index (χ2v) is 5.35. The summed E-state index contributed by atoms with van der Waals surface area (Å²) in [5.74, 6) is -1.66. The molecule has 1 rings (SSSR count). The second-order valence-electron chi connectivity index (χ2n) is 3.45. The number of carboxylic acid groups (broad SMARTS) is 1. The first-order chi connectivity index (χ1) is 8.78. The quantitative estimate of drug-likeness (QED) is 0.809. The predicted molar refractivity (Wildman–Crippen MR) is 61.6 cm³/mol. The molecule has 1 N–H and O–H groups in total. The number of nitrogens with zero attached hydrogens (tertiary/aromatic N) is 1. The summed E-state index contributed by atoms with van der Waals surface area (Å²) in [7, 11) is -4.52. The van der Waals surface area contributed by atoms with Gasteiger partial charge in [-0.2, -0.15) is 4.31 Å². The Labute approximate surface area is 108 Å². The van der Waals surface area contributed by atoms with Gasteiger partial charge in [0.2, 0.25) is 10.0 Å². The molecule has 102 valence electrons. The number of carbonyl (C=O) groups is 1. The minimum Gasteiger partial charge on any atom is -0.480 e. The van der Waals surface area contributed by atoms with E-state index in [4.69, 9.17) is 11.5 Å². The minimum absolute atomic E-state index is 0.368. The van der Waals surface area contributed by atoms with Gasteiger partial charge in [0, 0.05) is 0 Å². The van der Waals surface area contributed by atoms with Crippen molar-refractivity contribution in [1.29, 1.82) is 0 Å². The van der Waals surface area contributed by atoms with Crippen LogP contribution in [-0.4, -0.2) is 36.9 Å². The molecule has 1 aromatic carbocycles. The summed E-state index contributed by atoms with van der Waals surface area (Å²) in [5, 5.41) is 8.60. The van der Waals surface area contributed by atoms with E-state index in [2.05, 4.69) is 0 Å². The maximum Gasteiger partial charge on any atom is 0.318 e. The van der Waals surface area contributed by atoms with Crippen LogP contribution < -0.4 is 0 Å². The first-order valence-corrected chi connectivity index (χ1v) is 6.33. The van der Waals surface area contributed by atoms with Gasteiger partial charge in [0.25, 0.3) is 0 Å². The van der Waals surface area contributed by atoms with Crippen LogP contribution in [0.1, 0.15) is 0 Å². The molecule has 0 aliphatic rings. The monoisotopic (exact) mass is 289 g/mol. The lowest BCUT2D eigenvalue weighted by Gasteiger charge is -2.18. The minimum atomic E-state index is -4.52. The fourth-order valence-electron chi connectivity index (χ4n) is 1.29. The first kappa shape index (κ1) is 15.1. The summed E-state index contributed by atoms with van der Waals surface area (Å²) in [6.45, 7) is -1.51. The molecule has 0 saturated heterocycles. The van der Waals surface area contributed by atoms with Crippen molar-refractivity contribution in [1.82, 2.24) is 4.31 Å². The molecule has 5 nitrogen and oxygen atoms in total. The third kappa shape index (κ3) is 3.49. The van der Waals surface area contributed by atoms with E-state index in [0.29, 0.717) is 16.4 Å². The Bertz CT molecular complexity index is 637. The molecule has 0 aliphatic heterocycles. The Kier molecular flexibility index (Phi) is 4.58. The van der Waals surface area contributed by atoms with Gasteiger partial charge >= 0.3 is 5.97 Å². The van der Waals surface area contributed by atoms with Crippen molar-refractivity contribution in [3.8, 4) is 12.3 Å². The van der Waals surface area contributed by atoms with Crippen molar-refractivity contribution in [2.24, 2.45) is 0 Å². The number of sulfonamides is 1. The van der Waals surface area contributed by atoms with E-state index in [1.807, 2.05) is 5.92 Å². The van der Waals surface area contributed by atoms with Crippen LogP contribution in [0.3, 0.4) is 0 Å². The van der Waals surface area contributed by atoms with Crippen LogP contribution in [0.15, 0.2) is 23.1 Å². The van der Waals surface area contributed by atoms with Crippen LogP contribution in [0.4, 0.5) is 8.78 Å². The molecule has 0 atom stereocenters. The Morgan fingerprint density at radius 3 is 2.58 bits per heavy atom. The molecular weight excluding hydrogens is 280 g/mol. The highest BCUT2D eigenvalue weighted by Crippen LogP contribution is 2.20. The molecule has 0 radical (unpaired) electrons. The van der Waals surface area contributed by atoms with Crippen molar-refractivity contribution in [2.75, 3.05) is 13.1 Å². The topological polar surface area (TPSA) is 74.7 Å². The van der Waals surface area contributed by atoms with Gasteiger partial charge in [-0.25, -0.2) is 17.2 Å². The number of hydrogen-bond acceptors (Lipinski definition) is 3. The van der Waals surface area contributed by atoms with E-state index in [1.54, 1.807) is 0 Å². The zero-order valence-corrected chi connectivity index (χ0v) is 10.3. The molecule has 0 spiro atoms. The van der Waals surface area contributed by atoms with E-state index >= 15 is 0 Å². The van der Waals surface area contributed by atoms with E-state index in [9.17, 15) is 22.0 Å². The van der Waals surface area contributed by atoms with Gasteiger partial charge in [-0.3, -0.25) is 4.79 Å². The van der Waals surface area contributed by atoms with Crippen LogP contribution in [0.25, 0.3) is 0 Å². The smallest absolute Gasteiger partial charge is 0.318 e. The van der Waals surface area contributed by atoms with Crippen molar-refractivity contribution < 1.29 is 27.1 Å². The number of rotatable bonds is 5. The molecule has 0 amide bonds. The van der Waals surface area contributed by atoms with Gasteiger partial charge in [0.05, 0.1) is 6.54 Å². The molecule has 8 heteroatoms. The van der Waals surface area contributed by atoms with Gasteiger partial charge in [0.1, 0.15) is 23.1 Å². The second kappa shape index (κ2) is 5.77. The molecule has 0 heterocycles. The summed E-state index contributed by atoms with van der Waals surface area (Å²) < 4.78 is 50.8. The van der Waals surface area contributed by atoms with Gasteiger partial charge in [-0.15, -0.1) is 6.42 Å². The number of carboxylic acids is 1. The fraction of sp³-hybridized carbons (Fsp3) is 0.182. The van der Waals surface area contributed by atoms with E-state index in [1.165, 1.54) is 0 Å². The average molecular weight is 289 g/mol. The van der Waals surface area contributed by atoms with Crippen molar-refractivity contribution in [3.63, 3.8) is 0 Å². The first-order valence-electron chi connectivity index (χ1n) is 4.89. The molecule has 0 fully saturated rings. The number of benzene rings is 1. The van der Waals surface area contributed by atoms with Crippen LogP contribution in [-0.2, 0) is 14.8 Å². The van der Waals surface area contributed by atoms with Crippen molar-refractivity contribution in [2.45, 2.75) is 4.90 Å². The number of halogens is 2. The largest absolute Gasteiger partial charge is 0.480 e. The van der Waals surface area contributed by atoms with Crippen LogP contribution in [0.5, 0.6) is 0 Å². The number of hydrogen-bond donors (Lipinski definition) is 1. The maximum absolute atomic E-state index is 13.4. The van der Waals surface area contributed by atoms with E-state index in [0.717, 1.165) is 6.07 Å². The van der Waals surface area contributed by atoms with Gasteiger partial charge in [-0.05, 0) is 18.2 Å². The normalized spacial score (nSPS) is 11.3. The SMILES string of the molecule is C#CCN(CC(=O)O)S(=O)(=O)c1cc(F)ccc1F. The molecule has 19 heavy (non-hydrogen) atoms. The lowest BCUT2D eigenvalue weighted by atomic mass is 10.3. The Hall–Kier alpha value is -1.98. The zero-order valence-electron chi connectivity index (χ0n) is 9.51. The standard InChI is InChI=1S/C11H9F2NO4S/c1-2-5-14(7-11(15)16)19(17,18)10-6-8(12)3-4-9(10)13/h1,3-4,6H,5,7H2,(H,15,16). The van der Waals surface area contributed by atoms with Gasteiger partial charge in [0.15, 0.2) is 0 Å². The lowest BCUT2D eigenvalue weighted by Crippen LogP contribution is -2.36. The Morgan fingerprint density at radius 1 is 1.42 bits per heavy atom. The van der Waals surface area contributed by atoms with Gasteiger partial charge < -0.3 is 5.11 Å². The number of aliphatic carboxylic acids is 1. The zero-order chi connectivity index (χ0) is 14.6. The molecule has 0 unspecified atom stereocenters. The van der Waals surface area contributed by atoms with E-state index < -0.39 is 45.6 Å². The fourth-order valence-corrected chi connectivity index (χ4v) is 2.67.